The van der Waals surface area contributed by atoms with Crippen molar-refractivity contribution in [2.45, 2.75) is 45.0 Å². The first-order valence-corrected chi connectivity index (χ1v) is 6.11. The minimum Gasteiger partial charge on any atom is -0.352 e. The van der Waals surface area contributed by atoms with Crippen molar-refractivity contribution in [3.05, 3.63) is 17.5 Å². The molecule has 0 fully saturated rings. The molecule has 1 aromatic heterocycles. The topological polar surface area (TPSA) is 37.8 Å². The van der Waals surface area contributed by atoms with Crippen molar-refractivity contribution in [2.24, 2.45) is 0 Å². The number of aryl methyl sites for hydroxylation is 2. The van der Waals surface area contributed by atoms with Crippen molar-refractivity contribution in [1.29, 1.82) is 0 Å². The number of hydrogen-bond acceptors (Lipinski definition) is 3. The smallest absolute Gasteiger partial charge is 0.223 e. The molecule has 0 spiro atoms. The van der Waals surface area contributed by atoms with Gasteiger partial charge in [0.05, 0.1) is 0 Å². The highest BCUT2D eigenvalue weighted by Gasteiger charge is 2.07. The lowest BCUT2D eigenvalue weighted by Gasteiger charge is -2.15. The molecule has 0 radical (unpaired) electrons. The molecule has 0 aromatic carbocycles. The van der Waals surface area contributed by atoms with Gasteiger partial charge >= 0.3 is 0 Å². The molecule has 0 aliphatic rings. The number of hydrogen-bond donors (Lipinski definition) is 1. The quantitative estimate of drug-likeness (QED) is 0.856. The molecule has 0 amide bonds. The Kier molecular flexibility index (Phi) is 4.51. The Balaban J connectivity index is 2.60. The number of aromatic nitrogens is 2. The lowest BCUT2D eigenvalue weighted by molar-refractivity contribution is 0.700. The first-order valence-electron chi connectivity index (χ1n) is 5.20. The van der Waals surface area contributed by atoms with E-state index in [1.165, 1.54) is 0 Å². The zero-order valence-electron chi connectivity index (χ0n) is 9.71. The molecule has 2 atom stereocenters. The Morgan fingerprint density at radius 2 is 2.07 bits per heavy atom. The highest BCUT2D eigenvalue weighted by atomic mass is 79.9. The minimum absolute atomic E-state index is 0.376. The fourth-order valence-corrected chi connectivity index (χ4v) is 1.92. The Morgan fingerprint density at radius 3 is 2.60 bits per heavy atom. The molecule has 0 saturated heterocycles. The molecule has 2 unspecified atom stereocenters. The fraction of sp³-hybridized carbons (Fsp3) is 0.636. The van der Waals surface area contributed by atoms with E-state index in [1.54, 1.807) is 0 Å². The fourth-order valence-electron chi connectivity index (χ4n) is 1.36. The number of rotatable bonds is 4. The van der Waals surface area contributed by atoms with Crippen LogP contribution in [-0.2, 0) is 0 Å². The largest absolute Gasteiger partial charge is 0.352 e. The second kappa shape index (κ2) is 5.45. The number of anilines is 1. The van der Waals surface area contributed by atoms with Crippen molar-refractivity contribution < 1.29 is 0 Å². The van der Waals surface area contributed by atoms with Gasteiger partial charge in [-0.2, -0.15) is 0 Å². The van der Waals surface area contributed by atoms with Crippen molar-refractivity contribution in [3.8, 4) is 0 Å². The van der Waals surface area contributed by atoms with Crippen LogP contribution >= 0.6 is 15.9 Å². The average molecular weight is 272 g/mol. The second-order valence-electron chi connectivity index (χ2n) is 4.02. The standard InChI is InChI=1S/C11H18BrN3/c1-7-6-13-11(15-10(7)4)14-9(3)5-8(2)12/h6,8-9H,5H2,1-4H3,(H,13,14,15). The molecule has 84 valence electrons. The molecule has 1 N–H and O–H groups in total. The van der Waals surface area contributed by atoms with Crippen molar-refractivity contribution in [3.63, 3.8) is 0 Å². The lowest BCUT2D eigenvalue weighted by atomic mass is 10.2. The van der Waals surface area contributed by atoms with E-state index in [0.29, 0.717) is 10.9 Å². The Bertz CT molecular complexity index is 326. The molecule has 1 rings (SSSR count). The summed E-state index contributed by atoms with van der Waals surface area (Å²) in [5.74, 6) is 0.721. The predicted octanol–water partition coefficient (Wildman–Crippen LogP) is 3.07. The van der Waals surface area contributed by atoms with Crippen LogP contribution in [0.3, 0.4) is 0 Å². The SMILES string of the molecule is Cc1cnc(NC(C)CC(C)Br)nc1C. The van der Waals surface area contributed by atoms with Crippen LogP contribution in [0.2, 0.25) is 0 Å². The Labute approximate surface area is 99.8 Å². The number of alkyl halides is 1. The van der Waals surface area contributed by atoms with Crippen LogP contribution in [-0.4, -0.2) is 20.8 Å². The summed E-state index contributed by atoms with van der Waals surface area (Å²) in [4.78, 5) is 9.14. The third kappa shape index (κ3) is 4.16. The van der Waals surface area contributed by atoms with Crippen LogP contribution in [0.5, 0.6) is 0 Å². The van der Waals surface area contributed by atoms with Crippen molar-refractivity contribution in [1.82, 2.24) is 9.97 Å². The third-order valence-corrected chi connectivity index (χ3v) is 2.65. The van der Waals surface area contributed by atoms with Gasteiger partial charge in [0.15, 0.2) is 0 Å². The lowest BCUT2D eigenvalue weighted by Crippen LogP contribution is -2.20. The van der Waals surface area contributed by atoms with E-state index < -0.39 is 0 Å². The second-order valence-corrected chi connectivity index (χ2v) is 5.59. The van der Waals surface area contributed by atoms with E-state index in [4.69, 9.17) is 0 Å². The normalized spacial score (nSPS) is 14.7. The van der Waals surface area contributed by atoms with E-state index in [1.807, 2.05) is 20.0 Å². The van der Waals surface area contributed by atoms with Gasteiger partial charge in [0.25, 0.3) is 0 Å². The monoisotopic (exact) mass is 271 g/mol. The average Bonchev–Trinajstić information content (AvgIpc) is 2.10. The van der Waals surface area contributed by atoms with Gasteiger partial charge in [-0.25, -0.2) is 9.97 Å². The van der Waals surface area contributed by atoms with E-state index in [-0.39, 0.29) is 0 Å². The van der Waals surface area contributed by atoms with Crippen LogP contribution in [0.4, 0.5) is 5.95 Å². The highest BCUT2D eigenvalue weighted by Crippen LogP contribution is 2.11. The van der Waals surface area contributed by atoms with Gasteiger partial charge in [0.2, 0.25) is 5.95 Å². The van der Waals surface area contributed by atoms with Crippen LogP contribution in [0.25, 0.3) is 0 Å². The summed E-state index contributed by atoms with van der Waals surface area (Å²) in [7, 11) is 0. The summed E-state index contributed by atoms with van der Waals surface area (Å²) in [6.45, 7) is 8.29. The van der Waals surface area contributed by atoms with Crippen LogP contribution in [0.1, 0.15) is 31.5 Å². The molecule has 1 aromatic rings. The van der Waals surface area contributed by atoms with E-state index >= 15 is 0 Å². The molecule has 3 nitrogen and oxygen atoms in total. The Hall–Kier alpha value is -0.640. The summed E-state index contributed by atoms with van der Waals surface area (Å²) in [6, 6.07) is 0.376. The maximum absolute atomic E-state index is 4.38. The number of nitrogens with one attached hydrogen (secondary N) is 1. The van der Waals surface area contributed by atoms with Gasteiger partial charge < -0.3 is 5.32 Å². The summed E-state index contributed by atoms with van der Waals surface area (Å²) in [6.07, 6.45) is 2.91. The first-order chi connectivity index (χ1) is 6.99. The molecule has 4 heteroatoms. The predicted molar refractivity (Wildman–Crippen MR) is 67.6 cm³/mol. The van der Waals surface area contributed by atoms with Gasteiger partial charge in [-0.3, -0.25) is 0 Å². The molecule has 0 aliphatic carbocycles. The maximum atomic E-state index is 4.38. The van der Waals surface area contributed by atoms with Gasteiger partial charge in [-0.05, 0) is 32.8 Å². The zero-order chi connectivity index (χ0) is 11.4. The van der Waals surface area contributed by atoms with Crippen LogP contribution < -0.4 is 5.32 Å². The first kappa shape index (κ1) is 12.4. The van der Waals surface area contributed by atoms with Crippen molar-refractivity contribution >= 4 is 21.9 Å². The molecule has 0 aliphatic heterocycles. The van der Waals surface area contributed by atoms with E-state index in [2.05, 4.69) is 45.1 Å². The van der Waals surface area contributed by atoms with E-state index in [0.717, 1.165) is 23.6 Å². The third-order valence-electron chi connectivity index (χ3n) is 2.28. The summed E-state index contributed by atoms with van der Waals surface area (Å²) in [5.41, 5.74) is 2.16. The highest BCUT2D eigenvalue weighted by molar-refractivity contribution is 9.09. The van der Waals surface area contributed by atoms with Gasteiger partial charge in [-0.15, -0.1) is 0 Å². The number of halogens is 1. The zero-order valence-corrected chi connectivity index (χ0v) is 11.3. The summed E-state index contributed by atoms with van der Waals surface area (Å²) < 4.78 is 0. The Morgan fingerprint density at radius 1 is 1.40 bits per heavy atom. The molecule has 1 heterocycles. The van der Waals surface area contributed by atoms with Gasteiger partial charge in [0.1, 0.15) is 0 Å². The molecule has 0 saturated carbocycles. The van der Waals surface area contributed by atoms with Gasteiger partial charge in [-0.1, -0.05) is 22.9 Å². The minimum atomic E-state index is 0.376. The summed E-state index contributed by atoms with van der Waals surface area (Å²) >= 11 is 3.53. The van der Waals surface area contributed by atoms with Gasteiger partial charge in [0, 0.05) is 22.8 Å². The van der Waals surface area contributed by atoms with Crippen LogP contribution in [0.15, 0.2) is 6.20 Å². The molecular weight excluding hydrogens is 254 g/mol. The number of nitrogens with zero attached hydrogens (tertiary/aromatic N) is 2. The van der Waals surface area contributed by atoms with Crippen LogP contribution in [0, 0.1) is 13.8 Å². The molecular formula is C11H18BrN3. The molecule has 0 bridgehead atoms. The van der Waals surface area contributed by atoms with Crippen molar-refractivity contribution in [2.75, 3.05) is 5.32 Å². The molecule has 15 heavy (non-hydrogen) atoms. The maximum Gasteiger partial charge on any atom is 0.223 e. The summed E-state index contributed by atoms with van der Waals surface area (Å²) in [5, 5.41) is 3.29. The van der Waals surface area contributed by atoms with E-state index in [9.17, 15) is 0 Å².